The first-order valence-corrected chi connectivity index (χ1v) is 11.6. The fourth-order valence-electron chi connectivity index (χ4n) is 3.48. The molecule has 3 aromatic rings. The highest BCUT2D eigenvalue weighted by atomic mass is 35.5. The first-order valence-electron chi connectivity index (χ1n) is 9.80. The molecule has 10 heteroatoms. The smallest absolute Gasteiger partial charge is 0.338 e. The van der Waals surface area contributed by atoms with E-state index in [0.29, 0.717) is 29.0 Å². The summed E-state index contributed by atoms with van der Waals surface area (Å²) in [5.41, 5.74) is 0.114. The molecule has 8 nitrogen and oxygen atoms in total. The van der Waals surface area contributed by atoms with Gasteiger partial charge in [0.1, 0.15) is 12.4 Å². The number of nitrogens with one attached hydrogen (secondary N) is 1. The van der Waals surface area contributed by atoms with Crippen molar-refractivity contribution in [1.82, 2.24) is 14.3 Å². The number of H-pyrrole nitrogens is 1. The molecule has 1 aliphatic heterocycles. The van der Waals surface area contributed by atoms with Crippen LogP contribution < -0.4 is 5.56 Å². The Labute approximate surface area is 183 Å². The summed E-state index contributed by atoms with van der Waals surface area (Å²) in [6.45, 7) is 0.670. The predicted molar refractivity (Wildman–Crippen MR) is 116 cm³/mol. The van der Waals surface area contributed by atoms with Gasteiger partial charge in [-0.05, 0) is 49.2 Å². The van der Waals surface area contributed by atoms with Gasteiger partial charge in [-0.2, -0.15) is 4.31 Å². The highest BCUT2D eigenvalue weighted by Crippen LogP contribution is 2.22. The second kappa shape index (κ2) is 8.78. The molecule has 31 heavy (non-hydrogen) atoms. The van der Waals surface area contributed by atoms with Crippen molar-refractivity contribution >= 4 is 38.5 Å². The number of sulfonamides is 1. The number of aromatic nitrogens is 2. The Morgan fingerprint density at radius 3 is 2.68 bits per heavy atom. The topological polar surface area (TPSA) is 109 Å². The number of carbonyl (C=O) groups excluding carboxylic acids is 1. The largest absolute Gasteiger partial charge is 0.454 e. The first kappa shape index (κ1) is 21.5. The van der Waals surface area contributed by atoms with Crippen molar-refractivity contribution in [2.45, 2.75) is 30.8 Å². The number of fused-ring (bicyclic) bond motifs is 1. The zero-order valence-corrected chi connectivity index (χ0v) is 18.1. The van der Waals surface area contributed by atoms with Gasteiger partial charge in [-0.3, -0.25) is 4.79 Å². The van der Waals surface area contributed by atoms with Crippen LogP contribution in [0.3, 0.4) is 0 Å². The minimum atomic E-state index is -3.67. The van der Waals surface area contributed by atoms with Gasteiger partial charge >= 0.3 is 5.97 Å². The fraction of sp³-hybridized carbons (Fsp3) is 0.286. The minimum Gasteiger partial charge on any atom is -0.454 e. The predicted octanol–water partition coefficient (Wildman–Crippen LogP) is 3.11. The molecule has 0 amide bonds. The summed E-state index contributed by atoms with van der Waals surface area (Å²) in [6, 6.07) is 10.5. The van der Waals surface area contributed by atoms with Crippen molar-refractivity contribution in [3.63, 3.8) is 0 Å². The molecule has 1 aromatic heterocycles. The number of hydrogen-bond acceptors (Lipinski definition) is 6. The average molecular weight is 462 g/mol. The number of nitrogens with zero attached hydrogens (tertiary/aromatic N) is 2. The van der Waals surface area contributed by atoms with Crippen LogP contribution in [0.2, 0.25) is 5.02 Å². The quantitative estimate of drug-likeness (QED) is 0.584. The molecule has 1 N–H and O–H groups in total. The van der Waals surface area contributed by atoms with Crippen molar-refractivity contribution < 1.29 is 17.9 Å². The van der Waals surface area contributed by atoms with E-state index in [9.17, 15) is 18.0 Å². The summed E-state index contributed by atoms with van der Waals surface area (Å²) in [4.78, 5) is 31.6. The van der Waals surface area contributed by atoms with E-state index in [2.05, 4.69) is 9.97 Å². The normalized spacial score (nSPS) is 15.1. The maximum absolute atomic E-state index is 12.8. The minimum absolute atomic E-state index is 0.0516. The molecule has 4 rings (SSSR count). The van der Waals surface area contributed by atoms with Crippen LogP contribution >= 0.6 is 11.6 Å². The molecule has 0 unspecified atom stereocenters. The Morgan fingerprint density at radius 1 is 1.13 bits per heavy atom. The van der Waals surface area contributed by atoms with Crippen LogP contribution in [0, 0.1) is 0 Å². The van der Waals surface area contributed by atoms with Gasteiger partial charge < -0.3 is 9.72 Å². The van der Waals surface area contributed by atoms with Crippen LogP contribution in [0.5, 0.6) is 0 Å². The van der Waals surface area contributed by atoms with Crippen molar-refractivity contribution in [2.75, 3.05) is 13.1 Å². The number of aromatic amines is 1. The van der Waals surface area contributed by atoms with Gasteiger partial charge in [-0.25, -0.2) is 18.2 Å². The first-order chi connectivity index (χ1) is 14.8. The molecule has 0 bridgehead atoms. The number of benzene rings is 2. The summed E-state index contributed by atoms with van der Waals surface area (Å²) in [7, 11) is -3.67. The summed E-state index contributed by atoms with van der Waals surface area (Å²) in [5, 5.41) is 0.801. The van der Waals surface area contributed by atoms with Crippen LogP contribution in [-0.2, 0) is 21.4 Å². The van der Waals surface area contributed by atoms with Crippen molar-refractivity contribution in [2.24, 2.45) is 0 Å². The van der Waals surface area contributed by atoms with E-state index in [1.165, 1.54) is 28.6 Å². The average Bonchev–Trinajstić information content (AvgIpc) is 2.78. The number of rotatable bonds is 5. The molecule has 1 fully saturated rings. The molecule has 2 heterocycles. The van der Waals surface area contributed by atoms with Gasteiger partial charge in [-0.1, -0.05) is 24.1 Å². The number of ether oxygens (including phenoxy) is 1. The van der Waals surface area contributed by atoms with E-state index < -0.39 is 16.0 Å². The molecule has 0 atom stereocenters. The molecule has 1 saturated heterocycles. The van der Waals surface area contributed by atoms with E-state index in [1.54, 1.807) is 18.2 Å². The van der Waals surface area contributed by atoms with Gasteiger partial charge in [0.2, 0.25) is 10.0 Å². The van der Waals surface area contributed by atoms with Crippen LogP contribution in [0.1, 0.15) is 35.4 Å². The Hall–Kier alpha value is -2.75. The van der Waals surface area contributed by atoms with E-state index >= 15 is 0 Å². The molecule has 0 aliphatic carbocycles. The summed E-state index contributed by atoms with van der Waals surface area (Å²) in [5.74, 6) is -0.560. The van der Waals surface area contributed by atoms with Crippen LogP contribution in [0.15, 0.2) is 52.2 Å². The summed E-state index contributed by atoms with van der Waals surface area (Å²) < 4.78 is 32.4. The lowest BCUT2D eigenvalue weighted by molar-refractivity contribution is 0.0462. The van der Waals surface area contributed by atoms with Crippen LogP contribution in [0.4, 0.5) is 0 Å². The second-order valence-corrected chi connectivity index (χ2v) is 9.62. The lowest BCUT2D eigenvalue weighted by atomic mass is 10.2. The zero-order valence-electron chi connectivity index (χ0n) is 16.5. The van der Waals surface area contributed by atoms with E-state index in [0.717, 1.165) is 19.3 Å². The van der Waals surface area contributed by atoms with E-state index in [1.807, 2.05) is 0 Å². The van der Waals surface area contributed by atoms with Gasteiger partial charge in [0.15, 0.2) is 0 Å². The second-order valence-electron chi connectivity index (χ2n) is 7.24. The molecule has 0 saturated carbocycles. The number of piperidine rings is 1. The number of esters is 1. The molecular formula is C21H20ClN3O5S. The Bertz CT molecular complexity index is 1300. The van der Waals surface area contributed by atoms with Gasteiger partial charge in [0.05, 0.1) is 21.4 Å². The molecule has 0 spiro atoms. The van der Waals surface area contributed by atoms with Crippen molar-refractivity contribution in [1.29, 1.82) is 0 Å². The highest BCUT2D eigenvalue weighted by Gasteiger charge is 2.26. The Balaban J connectivity index is 1.51. The number of hydrogen-bond donors (Lipinski definition) is 1. The van der Waals surface area contributed by atoms with Gasteiger partial charge in [0, 0.05) is 18.1 Å². The lowest BCUT2D eigenvalue weighted by Gasteiger charge is -2.25. The molecular weight excluding hydrogens is 442 g/mol. The third kappa shape index (κ3) is 4.63. The third-order valence-corrected chi connectivity index (χ3v) is 7.21. The van der Waals surface area contributed by atoms with Crippen molar-refractivity contribution in [3.8, 4) is 0 Å². The van der Waals surface area contributed by atoms with Crippen molar-refractivity contribution in [3.05, 3.63) is 69.2 Å². The molecule has 2 aromatic carbocycles. The number of halogens is 1. The SMILES string of the molecule is O=C(OCc1nc2cc(Cl)ccc2c(=O)[nH]1)c1cccc(S(=O)(=O)N2CCCCC2)c1. The maximum atomic E-state index is 12.8. The zero-order chi connectivity index (χ0) is 22.0. The Morgan fingerprint density at radius 2 is 1.90 bits per heavy atom. The lowest BCUT2D eigenvalue weighted by Crippen LogP contribution is -2.35. The highest BCUT2D eigenvalue weighted by molar-refractivity contribution is 7.89. The van der Waals surface area contributed by atoms with Gasteiger partial charge in [0.25, 0.3) is 5.56 Å². The monoisotopic (exact) mass is 461 g/mol. The third-order valence-electron chi connectivity index (χ3n) is 5.08. The molecule has 1 aliphatic rings. The van der Waals surface area contributed by atoms with Gasteiger partial charge in [-0.15, -0.1) is 0 Å². The summed E-state index contributed by atoms with van der Waals surface area (Å²) >= 11 is 5.95. The van der Waals surface area contributed by atoms with Crippen LogP contribution in [-0.4, -0.2) is 41.7 Å². The Kier molecular flexibility index (Phi) is 6.08. The molecule has 162 valence electrons. The van der Waals surface area contributed by atoms with E-state index in [-0.39, 0.29) is 28.4 Å². The maximum Gasteiger partial charge on any atom is 0.338 e. The van der Waals surface area contributed by atoms with E-state index in [4.69, 9.17) is 16.3 Å². The fourth-order valence-corrected chi connectivity index (χ4v) is 5.21. The standard InChI is InChI=1S/C21H20ClN3O5S/c22-15-7-8-17-18(12-15)23-19(24-20(17)26)13-30-21(27)14-5-4-6-16(11-14)31(28,29)25-9-2-1-3-10-25/h4-8,11-12H,1-3,9-10,13H2,(H,23,24,26). The molecule has 0 radical (unpaired) electrons. The number of carbonyl (C=O) groups is 1. The van der Waals surface area contributed by atoms with Crippen LogP contribution in [0.25, 0.3) is 10.9 Å². The summed E-state index contributed by atoms with van der Waals surface area (Å²) in [6.07, 6.45) is 2.65.